The molecular weight excluding hydrogens is 254 g/mol. The van der Waals surface area contributed by atoms with E-state index in [1.807, 2.05) is 6.92 Å². The second-order valence-corrected chi connectivity index (χ2v) is 9.07. The van der Waals surface area contributed by atoms with Gasteiger partial charge in [-0.2, -0.15) is 0 Å². The maximum absolute atomic E-state index is 3.87. The second-order valence-electron chi connectivity index (χ2n) is 9.07. The normalized spacial score (nSPS) is 45.2. The van der Waals surface area contributed by atoms with Crippen molar-refractivity contribution in [2.24, 2.45) is 22.2 Å². The average Bonchev–Trinajstić information content (AvgIpc) is 2.33. The third kappa shape index (κ3) is 2.77. The summed E-state index contributed by atoms with van der Waals surface area (Å²) in [5.74, 6) is 7.37. The number of hydrogen-bond donors (Lipinski definition) is 1. The highest BCUT2D eigenvalue weighted by Gasteiger charge is 2.61. The van der Waals surface area contributed by atoms with Crippen molar-refractivity contribution in [2.75, 3.05) is 6.54 Å². The molecule has 0 saturated heterocycles. The molecule has 4 bridgehead atoms. The van der Waals surface area contributed by atoms with Crippen molar-refractivity contribution in [3.63, 3.8) is 0 Å². The predicted molar refractivity (Wildman–Crippen MR) is 90.0 cm³/mol. The molecule has 0 aromatic heterocycles. The summed E-state index contributed by atoms with van der Waals surface area (Å²) in [7, 11) is 0. The second kappa shape index (κ2) is 5.31. The van der Waals surface area contributed by atoms with Crippen LogP contribution in [0.15, 0.2) is 0 Å². The van der Waals surface area contributed by atoms with Crippen LogP contribution >= 0.6 is 0 Å². The largest absolute Gasteiger partial charge is 0.314 e. The summed E-state index contributed by atoms with van der Waals surface area (Å²) in [5.41, 5.74) is 1.81. The third-order valence-electron chi connectivity index (χ3n) is 6.59. The molecule has 4 aliphatic carbocycles. The van der Waals surface area contributed by atoms with Crippen LogP contribution in [0, 0.1) is 34.0 Å². The van der Waals surface area contributed by atoms with E-state index in [9.17, 15) is 0 Å². The van der Waals surface area contributed by atoms with Crippen molar-refractivity contribution in [1.82, 2.24) is 5.32 Å². The molecule has 118 valence electrons. The van der Waals surface area contributed by atoms with E-state index in [0.29, 0.717) is 22.3 Å². The molecule has 1 nitrogen and oxygen atoms in total. The van der Waals surface area contributed by atoms with E-state index in [1.165, 1.54) is 44.9 Å². The summed E-state index contributed by atoms with van der Waals surface area (Å²) in [6, 6.07) is 0.686. The molecule has 4 saturated carbocycles. The molecule has 0 spiro atoms. The fourth-order valence-corrected chi connectivity index (χ4v) is 7.14. The topological polar surface area (TPSA) is 12.0 Å². The zero-order chi connectivity index (χ0) is 15.1. The number of nitrogens with one attached hydrogen (secondary N) is 1. The molecule has 0 aliphatic heterocycles. The molecule has 0 heterocycles. The molecule has 1 heteroatoms. The van der Waals surface area contributed by atoms with Crippen LogP contribution in [-0.2, 0) is 0 Å². The van der Waals surface area contributed by atoms with Crippen molar-refractivity contribution in [3.8, 4) is 11.8 Å². The zero-order valence-corrected chi connectivity index (χ0v) is 14.5. The van der Waals surface area contributed by atoms with Gasteiger partial charge in [-0.1, -0.05) is 20.8 Å². The van der Waals surface area contributed by atoms with Crippen LogP contribution in [-0.4, -0.2) is 12.6 Å². The van der Waals surface area contributed by atoms with Crippen molar-refractivity contribution in [3.05, 3.63) is 0 Å². The predicted octanol–water partition coefficient (Wildman–Crippen LogP) is 4.76. The van der Waals surface area contributed by atoms with Crippen LogP contribution in [0.5, 0.6) is 0 Å². The zero-order valence-electron chi connectivity index (χ0n) is 14.5. The molecule has 0 amide bonds. The fourth-order valence-electron chi connectivity index (χ4n) is 7.14. The van der Waals surface area contributed by atoms with Gasteiger partial charge in [0.15, 0.2) is 0 Å². The highest BCUT2D eigenvalue weighted by atomic mass is 14.9. The van der Waals surface area contributed by atoms with Gasteiger partial charge in [0.1, 0.15) is 0 Å². The summed E-state index contributed by atoms with van der Waals surface area (Å²) in [4.78, 5) is 0. The van der Waals surface area contributed by atoms with E-state index in [4.69, 9.17) is 0 Å². The van der Waals surface area contributed by atoms with Gasteiger partial charge in [0.2, 0.25) is 0 Å². The lowest BCUT2D eigenvalue weighted by atomic mass is 9.39. The first kappa shape index (κ1) is 15.4. The van der Waals surface area contributed by atoms with Crippen molar-refractivity contribution >= 4 is 0 Å². The standard InChI is InChI=1S/C20H33N/c1-5-7-8-9-17(21-6-2)20-12-16-10-18(3,14-20)13-19(4,11-16)15-20/h16-17,21H,6,8-15H2,1-4H3. The number of hydrogen-bond acceptors (Lipinski definition) is 1. The van der Waals surface area contributed by atoms with Crippen molar-refractivity contribution in [2.45, 2.75) is 85.1 Å². The van der Waals surface area contributed by atoms with E-state index in [1.54, 1.807) is 0 Å². The fraction of sp³-hybridized carbons (Fsp3) is 0.900. The Balaban J connectivity index is 1.84. The maximum Gasteiger partial charge on any atom is 0.0133 e. The van der Waals surface area contributed by atoms with E-state index >= 15 is 0 Å². The minimum absolute atomic E-state index is 0.564. The molecule has 0 aromatic carbocycles. The SMILES string of the molecule is CC#CCCC(NCC)C12CC3CC(C)(CC(C)(C3)C1)C2. The van der Waals surface area contributed by atoms with Gasteiger partial charge >= 0.3 is 0 Å². The van der Waals surface area contributed by atoms with Crippen molar-refractivity contribution < 1.29 is 0 Å². The van der Waals surface area contributed by atoms with Crippen LogP contribution < -0.4 is 5.32 Å². The van der Waals surface area contributed by atoms with Crippen LogP contribution in [0.2, 0.25) is 0 Å². The van der Waals surface area contributed by atoms with Gasteiger partial charge in [0, 0.05) is 12.5 Å². The van der Waals surface area contributed by atoms with Gasteiger partial charge in [-0.25, -0.2) is 0 Å². The third-order valence-corrected chi connectivity index (χ3v) is 6.59. The summed E-state index contributed by atoms with van der Waals surface area (Å²) in [5, 5.41) is 3.87. The Kier molecular flexibility index (Phi) is 3.90. The summed E-state index contributed by atoms with van der Waals surface area (Å²) in [6.45, 7) is 10.5. The van der Waals surface area contributed by atoms with E-state index in [0.717, 1.165) is 18.9 Å². The minimum Gasteiger partial charge on any atom is -0.314 e. The van der Waals surface area contributed by atoms with Crippen LogP contribution in [0.25, 0.3) is 0 Å². The Labute approximate surface area is 131 Å². The summed E-state index contributed by atoms with van der Waals surface area (Å²) >= 11 is 0. The smallest absolute Gasteiger partial charge is 0.0133 e. The van der Waals surface area contributed by atoms with Gasteiger partial charge in [-0.05, 0) is 80.6 Å². The first-order chi connectivity index (χ1) is 9.93. The monoisotopic (exact) mass is 287 g/mol. The van der Waals surface area contributed by atoms with Gasteiger partial charge in [-0.3, -0.25) is 0 Å². The Morgan fingerprint density at radius 2 is 1.76 bits per heavy atom. The van der Waals surface area contributed by atoms with Crippen molar-refractivity contribution in [1.29, 1.82) is 0 Å². The maximum atomic E-state index is 3.87. The van der Waals surface area contributed by atoms with Gasteiger partial charge in [-0.15, -0.1) is 11.8 Å². The van der Waals surface area contributed by atoms with E-state index in [2.05, 4.69) is 37.9 Å². The molecule has 0 aromatic rings. The van der Waals surface area contributed by atoms with Crippen LogP contribution in [0.1, 0.15) is 79.1 Å². The molecule has 4 fully saturated rings. The Bertz CT molecular complexity index is 436. The quantitative estimate of drug-likeness (QED) is 0.719. The van der Waals surface area contributed by atoms with Crippen LogP contribution in [0.4, 0.5) is 0 Å². The van der Waals surface area contributed by atoms with E-state index < -0.39 is 0 Å². The number of rotatable bonds is 5. The summed E-state index contributed by atoms with van der Waals surface area (Å²) in [6.07, 6.45) is 11.2. The lowest BCUT2D eigenvalue weighted by molar-refractivity contribution is -0.158. The highest BCUT2D eigenvalue weighted by molar-refractivity contribution is 5.14. The first-order valence-electron chi connectivity index (χ1n) is 9.06. The molecule has 21 heavy (non-hydrogen) atoms. The van der Waals surface area contributed by atoms with Gasteiger partial charge < -0.3 is 5.32 Å². The average molecular weight is 287 g/mol. The molecule has 1 N–H and O–H groups in total. The van der Waals surface area contributed by atoms with Crippen LogP contribution in [0.3, 0.4) is 0 Å². The van der Waals surface area contributed by atoms with Gasteiger partial charge in [0.25, 0.3) is 0 Å². The molecule has 4 rings (SSSR count). The molecule has 3 atom stereocenters. The highest BCUT2D eigenvalue weighted by Crippen LogP contribution is 2.70. The lowest BCUT2D eigenvalue weighted by Gasteiger charge is -2.67. The lowest BCUT2D eigenvalue weighted by Crippen LogP contribution is -2.61. The minimum atomic E-state index is 0.564. The Hall–Kier alpha value is -0.480. The summed E-state index contributed by atoms with van der Waals surface area (Å²) < 4.78 is 0. The molecule has 0 radical (unpaired) electrons. The first-order valence-corrected chi connectivity index (χ1v) is 9.06. The molecular formula is C20H33N. The Morgan fingerprint density at radius 3 is 2.29 bits per heavy atom. The molecule has 4 aliphatic rings. The molecule has 3 unspecified atom stereocenters. The Morgan fingerprint density at radius 1 is 1.10 bits per heavy atom. The van der Waals surface area contributed by atoms with E-state index in [-0.39, 0.29) is 0 Å². The van der Waals surface area contributed by atoms with Gasteiger partial charge in [0.05, 0.1) is 0 Å².